The second-order valence-electron chi connectivity index (χ2n) is 4.71. The zero-order valence-corrected chi connectivity index (χ0v) is 9.75. The third-order valence-electron chi connectivity index (χ3n) is 2.97. The van der Waals surface area contributed by atoms with E-state index in [-0.39, 0.29) is 6.04 Å². The van der Waals surface area contributed by atoms with Gasteiger partial charge in [0.25, 0.3) is 0 Å². The molecule has 2 heteroatoms. The van der Waals surface area contributed by atoms with Gasteiger partial charge in [0.2, 0.25) is 0 Å². The van der Waals surface area contributed by atoms with Gasteiger partial charge in [0, 0.05) is 25.2 Å². The minimum atomic E-state index is 0.287. The molecule has 1 rings (SSSR count). The minimum absolute atomic E-state index is 0.287. The Morgan fingerprint density at radius 3 is 2.57 bits per heavy atom. The molecule has 1 fully saturated rings. The smallest absolute Gasteiger partial charge is 0.0738 e. The van der Waals surface area contributed by atoms with Gasteiger partial charge in [-0.1, -0.05) is 19.8 Å². The highest BCUT2D eigenvalue weighted by Gasteiger charge is 2.29. The molecule has 14 heavy (non-hydrogen) atoms. The van der Waals surface area contributed by atoms with E-state index in [4.69, 9.17) is 6.42 Å². The van der Waals surface area contributed by atoms with Crippen molar-refractivity contribution in [3.63, 3.8) is 0 Å². The summed E-state index contributed by atoms with van der Waals surface area (Å²) in [6.07, 6.45) is 5.60. The van der Waals surface area contributed by atoms with Gasteiger partial charge in [0.15, 0.2) is 0 Å². The number of piperazine rings is 1. The molecule has 0 aromatic heterocycles. The maximum atomic E-state index is 5.60. The van der Waals surface area contributed by atoms with Crippen molar-refractivity contribution in [3.8, 4) is 12.3 Å². The summed E-state index contributed by atoms with van der Waals surface area (Å²) in [5.74, 6) is 3.46. The van der Waals surface area contributed by atoms with E-state index in [1.54, 1.807) is 0 Å². The first kappa shape index (κ1) is 11.6. The lowest BCUT2D eigenvalue weighted by atomic mass is 9.99. The summed E-state index contributed by atoms with van der Waals surface area (Å²) >= 11 is 0. The molecule has 2 nitrogen and oxygen atoms in total. The van der Waals surface area contributed by atoms with E-state index in [0.717, 1.165) is 13.1 Å². The van der Waals surface area contributed by atoms with Crippen LogP contribution in [0.1, 0.15) is 27.7 Å². The van der Waals surface area contributed by atoms with Crippen LogP contribution in [0.3, 0.4) is 0 Å². The summed E-state index contributed by atoms with van der Waals surface area (Å²) in [5, 5.41) is 3.47. The molecule has 0 aliphatic carbocycles. The van der Waals surface area contributed by atoms with Crippen LogP contribution in [0, 0.1) is 18.3 Å². The predicted octanol–water partition coefficient (Wildman–Crippen LogP) is 1.33. The topological polar surface area (TPSA) is 15.3 Å². The van der Waals surface area contributed by atoms with Crippen LogP contribution < -0.4 is 5.32 Å². The fraction of sp³-hybridized carbons (Fsp3) is 0.833. The first-order valence-corrected chi connectivity index (χ1v) is 5.51. The van der Waals surface area contributed by atoms with Crippen molar-refractivity contribution in [3.05, 3.63) is 0 Å². The Hall–Kier alpha value is -0.520. The van der Waals surface area contributed by atoms with E-state index >= 15 is 0 Å². The van der Waals surface area contributed by atoms with Crippen LogP contribution in [0.15, 0.2) is 0 Å². The van der Waals surface area contributed by atoms with Gasteiger partial charge < -0.3 is 5.32 Å². The SMILES string of the molecule is C#CC(C(C)C)N1CC(C)NCC1C. The van der Waals surface area contributed by atoms with Crippen molar-refractivity contribution in [1.29, 1.82) is 0 Å². The number of nitrogens with zero attached hydrogens (tertiary/aromatic N) is 1. The molecule has 80 valence electrons. The Bertz CT molecular complexity index is 217. The van der Waals surface area contributed by atoms with Crippen LogP contribution in [-0.2, 0) is 0 Å². The highest BCUT2D eigenvalue weighted by atomic mass is 15.2. The molecular weight excluding hydrogens is 172 g/mol. The molecule has 1 heterocycles. The standard InChI is InChI=1S/C12H22N2/c1-6-12(9(2)3)14-8-10(4)13-7-11(14)5/h1,9-13H,7-8H2,2-5H3. The Labute approximate surface area is 88.1 Å². The Morgan fingerprint density at radius 2 is 2.07 bits per heavy atom. The Kier molecular flexibility index (Phi) is 3.97. The zero-order valence-electron chi connectivity index (χ0n) is 9.75. The molecule has 0 amide bonds. The quantitative estimate of drug-likeness (QED) is 0.667. The number of hydrogen-bond donors (Lipinski definition) is 1. The van der Waals surface area contributed by atoms with E-state index in [1.165, 1.54) is 0 Å². The molecule has 1 N–H and O–H groups in total. The molecule has 0 bridgehead atoms. The molecule has 1 saturated heterocycles. The fourth-order valence-corrected chi connectivity index (χ4v) is 2.11. The summed E-state index contributed by atoms with van der Waals surface area (Å²) in [6, 6.07) is 1.39. The highest BCUT2D eigenvalue weighted by molar-refractivity contribution is 5.04. The van der Waals surface area contributed by atoms with Crippen LogP contribution in [0.2, 0.25) is 0 Å². The average molecular weight is 194 g/mol. The molecule has 1 aliphatic heterocycles. The van der Waals surface area contributed by atoms with Gasteiger partial charge in [-0.2, -0.15) is 0 Å². The maximum Gasteiger partial charge on any atom is 0.0738 e. The number of rotatable bonds is 2. The number of hydrogen-bond acceptors (Lipinski definition) is 2. The summed E-state index contributed by atoms with van der Waals surface area (Å²) < 4.78 is 0. The molecular formula is C12H22N2. The first-order chi connectivity index (χ1) is 6.56. The van der Waals surface area contributed by atoms with Crippen molar-refractivity contribution in [2.24, 2.45) is 5.92 Å². The fourth-order valence-electron chi connectivity index (χ4n) is 2.11. The van der Waals surface area contributed by atoms with Crippen LogP contribution in [-0.4, -0.2) is 36.1 Å². The van der Waals surface area contributed by atoms with Crippen LogP contribution in [0.4, 0.5) is 0 Å². The van der Waals surface area contributed by atoms with E-state index < -0.39 is 0 Å². The molecule has 0 aromatic carbocycles. The van der Waals surface area contributed by atoms with Gasteiger partial charge in [-0.3, -0.25) is 4.90 Å². The predicted molar refractivity (Wildman–Crippen MR) is 61.1 cm³/mol. The van der Waals surface area contributed by atoms with Crippen molar-refractivity contribution in [1.82, 2.24) is 10.2 Å². The van der Waals surface area contributed by atoms with Crippen LogP contribution >= 0.6 is 0 Å². The Morgan fingerprint density at radius 1 is 1.43 bits per heavy atom. The van der Waals surface area contributed by atoms with Gasteiger partial charge in [0.05, 0.1) is 6.04 Å². The van der Waals surface area contributed by atoms with Crippen LogP contribution in [0.25, 0.3) is 0 Å². The summed E-state index contributed by atoms with van der Waals surface area (Å²) in [6.45, 7) is 11.0. The molecule has 3 unspecified atom stereocenters. The number of terminal acetylenes is 1. The largest absolute Gasteiger partial charge is 0.311 e. The Balaban J connectivity index is 2.68. The van der Waals surface area contributed by atoms with Gasteiger partial charge in [0.1, 0.15) is 0 Å². The molecule has 0 spiro atoms. The van der Waals surface area contributed by atoms with Gasteiger partial charge in [-0.25, -0.2) is 0 Å². The lowest BCUT2D eigenvalue weighted by Crippen LogP contribution is -2.58. The summed E-state index contributed by atoms with van der Waals surface area (Å²) in [4.78, 5) is 2.45. The van der Waals surface area contributed by atoms with Crippen LogP contribution in [0.5, 0.6) is 0 Å². The van der Waals surface area contributed by atoms with Crippen molar-refractivity contribution < 1.29 is 0 Å². The third kappa shape index (κ3) is 2.50. The van der Waals surface area contributed by atoms with E-state index in [1.807, 2.05) is 0 Å². The van der Waals surface area contributed by atoms with Gasteiger partial charge in [-0.15, -0.1) is 6.42 Å². The van der Waals surface area contributed by atoms with E-state index in [9.17, 15) is 0 Å². The minimum Gasteiger partial charge on any atom is -0.311 e. The monoisotopic (exact) mass is 194 g/mol. The average Bonchev–Trinajstić information content (AvgIpc) is 2.11. The highest BCUT2D eigenvalue weighted by Crippen LogP contribution is 2.16. The maximum absolute atomic E-state index is 5.60. The molecule has 0 radical (unpaired) electrons. The normalized spacial score (nSPS) is 31.4. The van der Waals surface area contributed by atoms with Crippen molar-refractivity contribution in [2.45, 2.75) is 45.8 Å². The van der Waals surface area contributed by atoms with E-state index in [0.29, 0.717) is 18.0 Å². The molecule has 0 saturated carbocycles. The van der Waals surface area contributed by atoms with Crippen molar-refractivity contribution >= 4 is 0 Å². The lowest BCUT2D eigenvalue weighted by molar-refractivity contribution is 0.0991. The molecule has 3 atom stereocenters. The second kappa shape index (κ2) is 4.82. The van der Waals surface area contributed by atoms with Gasteiger partial charge in [-0.05, 0) is 19.8 Å². The molecule has 1 aliphatic rings. The van der Waals surface area contributed by atoms with E-state index in [2.05, 4.69) is 43.8 Å². The molecule has 0 aromatic rings. The van der Waals surface area contributed by atoms with Crippen molar-refractivity contribution in [2.75, 3.05) is 13.1 Å². The second-order valence-corrected chi connectivity index (χ2v) is 4.71. The number of nitrogens with one attached hydrogen (secondary N) is 1. The first-order valence-electron chi connectivity index (χ1n) is 5.51. The summed E-state index contributed by atoms with van der Waals surface area (Å²) in [7, 11) is 0. The zero-order chi connectivity index (χ0) is 10.7. The van der Waals surface area contributed by atoms with Gasteiger partial charge >= 0.3 is 0 Å². The lowest BCUT2D eigenvalue weighted by Gasteiger charge is -2.42. The third-order valence-corrected chi connectivity index (χ3v) is 2.97. The summed E-state index contributed by atoms with van der Waals surface area (Å²) in [5.41, 5.74) is 0.